The molecule has 0 spiro atoms. The van der Waals surface area contributed by atoms with Gasteiger partial charge in [0.05, 0.1) is 38.8 Å². The fourth-order valence-electron chi connectivity index (χ4n) is 14.0. The van der Waals surface area contributed by atoms with Crippen molar-refractivity contribution in [2.24, 2.45) is 0 Å². The molecule has 2 aliphatic heterocycles. The largest absolute Gasteiger partial charge is 0.311 e. The van der Waals surface area contributed by atoms with Gasteiger partial charge in [0.2, 0.25) is 6.71 Å². The van der Waals surface area contributed by atoms with E-state index >= 15 is 0 Å². The van der Waals surface area contributed by atoms with Crippen molar-refractivity contribution >= 4 is 128 Å². The van der Waals surface area contributed by atoms with Gasteiger partial charge in [0, 0.05) is 82.5 Å². The van der Waals surface area contributed by atoms with Gasteiger partial charge in [0.1, 0.15) is 0 Å². The van der Waals surface area contributed by atoms with Crippen LogP contribution in [0.25, 0.3) is 93.0 Å². The maximum absolute atomic E-state index is 2.64. The standard InChI is InChI=1S/C65H41BN4/c1-65(2)51-28-13-9-25-48(51)62-64(65)66-52-33-32-47-46-27-17-26-45-42-22-10-16-31-55(42)70(59(45)46)61(47)63(52)68(41-20-7-4-8-21-41)57-37-39(36-56(58(57)66)67(62)40-18-5-3-6-19-40)38-34-49-43-23-11-14-29-53(43)69-54-30-15-12-24-44(54)50(35-38)60(49)69/h3-37H,1-2H3. The van der Waals surface area contributed by atoms with Gasteiger partial charge in [0.15, 0.2) is 0 Å². The molecule has 0 unspecified atom stereocenters. The summed E-state index contributed by atoms with van der Waals surface area (Å²) in [4.78, 5) is 5.27. The lowest BCUT2D eigenvalue weighted by molar-refractivity contribution is 0.666. The third-order valence-electron chi connectivity index (χ3n) is 16.7. The van der Waals surface area contributed by atoms with Crippen LogP contribution in [-0.4, -0.2) is 15.5 Å². The van der Waals surface area contributed by atoms with E-state index in [-0.39, 0.29) is 12.1 Å². The van der Waals surface area contributed by atoms with E-state index in [2.05, 4.69) is 245 Å². The molecule has 10 aromatic carbocycles. The third kappa shape index (κ3) is 4.37. The van der Waals surface area contributed by atoms with Crippen molar-refractivity contribution in [2.45, 2.75) is 19.3 Å². The smallest absolute Gasteiger partial charge is 0.248 e. The van der Waals surface area contributed by atoms with Crippen molar-refractivity contribution in [3.05, 3.63) is 229 Å². The molecular formula is C65H41BN4. The van der Waals surface area contributed by atoms with E-state index in [0.717, 1.165) is 11.4 Å². The number of hydrogen-bond donors (Lipinski definition) is 0. The molecular weight excluding hydrogens is 848 g/mol. The highest BCUT2D eigenvalue weighted by atomic mass is 15.2. The molecule has 3 aliphatic rings. The monoisotopic (exact) mass is 888 g/mol. The number of hydrogen-bond acceptors (Lipinski definition) is 2. The van der Waals surface area contributed by atoms with Gasteiger partial charge in [-0.05, 0) is 94.3 Å². The normalized spacial score (nSPS) is 15.0. The molecule has 0 radical (unpaired) electrons. The van der Waals surface area contributed by atoms with Crippen LogP contribution >= 0.6 is 0 Å². The molecule has 4 nitrogen and oxygen atoms in total. The molecule has 6 heterocycles. The van der Waals surface area contributed by atoms with E-state index in [1.165, 1.54) is 138 Å². The first-order chi connectivity index (χ1) is 34.5. The Kier molecular flexibility index (Phi) is 6.83. The van der Waals surface area contributed by atoms with Crippen LogP contribution in [0.2, 0.25) is 0 Å². The van der Waals surface area contributed by atoms with Crippen molar-refractivity contribution in [1.29, 1.82) is 0 Å². The Hall–Kier alpha value is -8.80. The van der Waals surface area contributed by atoms with Crippen LogP contribution in [0, 0.1) is 0 Å². The van der Waals surface area contributed by atoms with Crippen LogP contribution in [0.15, 0.2) is 218 Å². The van der Waals surface area contributed by atoms with Crippen molar-refractivity contribution in [2.75, 3.05) is 9.80 Å². The number of rotatable bonds is 3. The SMILES string of the molecule is CC1(C)C2=C(c3ccccc31)N(c1ccccc1)c1cc(-c3cc4c5ccccc5n5c6ccccc6c(c3)c45)cc3c1B2c1ccc2c4cccc5c6ccccc6n(c2c1N3c1ccccc1)c54. The van der Waals surface area contributed by atoms with Crippen molar-refractivity contribution < 1.29 is 0 Å². The Morgan fingerprint density at radius 3 is 1.54 bits per heavy atom. The maximum Gasteiger partial charge on any atom is 0.248 e. The number of para-hydroxylation sites is 6. The average molecular weight is 889 g/mol. The zero-order valence-electron chi connectivity index (χ0n) is 38.6. The second kappa shape index (κ2) is 12.8. The quantitative estimate of drug-likeness (QED) is 0.164. The van der Waals surface area contributed by atoms with Crippen LogP contribution in [0.5, 0.6) is 0 Å². The van der Waals surface area contributed by atoms with Gasteiger partial charge >= 0.3 is 0 Å². The second-order valence-corrected chi connectivity index (χ2v) is 20.4. The van der Waals surface area contributed by atoms with Crippen LogP contribution in [0.3, 0.4) is 0 Å². The third-order valence-corrected chi connectivity index (χ3v) is 16.7. The molecule has 0 amide bonds. The molecule has 5 heteroatoms. The lowest BCUT2D eigenvalue weighted by Gasteiger charge is -2.46. The van der Waals surface area contributed by atoms with E-state index in [0.29, 0.717) is 0 Å². The Morgan fingerprint density at radius 2 is 0.871 bits per heavy atom. The van der Waals surface area contributed by atoms with E-state index < -0.39 is 0 Å². The van der Waals surface area contributed by atoms with Gasteiger partial charge in [-0.25, -0.2) is 0 Å². The minimum atomic E-state index is -0.282. The highest BCUT2D eigenvalue weighted by Gasteiger charge is 2.53. The van der Waals surface area contributed by atoms with Crippen LogP contribution < -0.4 is 20.7 Å². The first-order valence-electron chi connectivity index (χ1n) is 24.6. The molecule has 1 aliphatic carbocycles. The van der Waals surface area contributed by atoms with Gasteiger partial charge in [-0.2, -0.15) is 0 Å². The summed E-state index contributed by atoms with van der Waals surface area (Å²) >= 11 is 0. The molecule has 0 saturated heterocycles. The summed E-state index contributed by atoms with van der Waals surface area (Å²) < 4.78 is 5.09. The molecule has 4 aromatic heterocycles. The van der Waals surface area contributed by atoms with Crippen LogP contribution in [0.1, 0.15) is 25.0 Å². The lowest BCUT2D eigenvalue weighted by Crippen LogP contribution is -2.57. The fraction of sp³-hybridized carbons (Fsp3) is 0.0462. The van der Waals surface area contributed by atoms with E-state index in [4.69, 9.17) is 0 Å². The predicted molar refractivity (Wildman–Crippen MR) is 296 cm³/mol. The fourth-order valence-corrected chi connectivity index (χ4v) is 14.0. The van der Waals surface area contributed by atoms with Crippen LogP contribution in [-0.2, 0) is 5.41 Å². The molecule has 0 saturated carbocycles. The molecule has 14 aromatic rings. The first kappa shape index (κ1) is 37.2. The number of allylic oxidation sites excluding steroid dienone is 1. The number of fused-ring (bicyclic) bond motifs is 18. The van der Waals surface area contributed by atoms with E-state index in [1.807, 2.05) is 0 Å². The van der Waals surface area contributed by atoms with Crippen LogP contribution in [0.4, 0.5) is 28.4 Å². The Labute approximate surface area is 403 Å². The second-order valence-electron chi connectivity index (χ2n) is 20.4. The summed E-state index contributed by atoms with van der Waals surface area (Å²) in [5, 5.41) is 10.3. The van der Waals surface area contributed by atoms with E-state index in [1.54, 1.807) is 0 Å². The topological polar surface area (TPSA) is 15.3 Å². The number of aromatic nitrogens is 2. The summed E-state index contributed by atoms with van der Waals surface area (Å²) in [5.74, 6) is 0. The number of anilines is 5. The van der Waals surface area contributed by atoms with Crippen molar-refractivity contribution in [3.8, 4) is 11.1 Å². The summed E-state index contributed by atoms with van der Waals surface area (Å²) in [6.07, 6.45) is 0. The summed E-state index contributed by atoms with van der Waals surface area (Å²) in [6, 6.07) is 80.3. The van der Waals surface area contributed by atoms with Gasteiger partial charge in [0.25, 0.3) is 0 Å². The van der Waals surface area contributed by atoms with Gasteiger partial charge in [-0.3, -0.25) is 0 Å². The minimum absolute atomic E-state index is 0.0392. The summed E-state index contributed by atoms with van der Waals surface area (Å²) in [6.45, 7) is 4.90. The summed E-state index contributed by atoms with van der Waals surface area (Å²) in [7, 11) is 0. The van der Waals surface area contributed by atoms with E-state index in [9.17, 15) is 0 Å². The Bertz CT molecular complexity index is 4550. The molecule has 0 N–H and O–H groups in total. The molecule has 324 valence electrons. The zero-order valence-corrected chi connectivity index (χ0v) is 38.6. The molecule has 0 atom stereocenters. The van der Waals surface area contributed by atoms with Crippen molar-refractivity contribution in [1.82, 2.24) is 8.80 Å². The molecule has 70 heavy (non-hydrogen) atoms. The highest BCUT2D eigenvalue weighted by Crippen LogP contribution is 2.58. The zero-order chi connectivity index (χ0) is 45.7. The van der Waals surface area contributed by atoms with Crippen molar-refractivity contribution in [3.63, 3.8) is 0 Å². The molecule has 0 fully saturated rings. The number of benzene rings is 10. The number of nitrogens with zero attached hydrogens (tertiary/aromatic N) is 4. The van der Waals surface area contributed by atoms with Gasteiger partial charge in [-0.15, -0.1) is 0 Å². The maximum atomic E-state index is 2.64. The lowest BCUT2D eigenvalue weighted by atomic mass is 9.30. The Morgan fingerprint density at radius 1 is 0.386 bits per heavy atom. The first-order valence-corrected chi connectivity index (χ1v) is 24.6. The average Bonchev–Trinajstić information content (AvgIpc) is 4.19. The molecule has 17 rings (SSSR count). The summed E-state index contributed by atoms with van der Waals surface area (Å²) in [5.41, 5.74) is 23.8. The Balaban J connectivity index is 1.07. The van der Waals surface area contributed by atoms with Gasteiger partial charge in [-0.1, -0.05) is 165 Å². The highest BCUT2D eigenvalue weighted by molar-refractivity contribution is 6.96. The molecule has 0 bridgehead atoms. The minimum Gasteiger partial charge on any atom is -0.311 e. The predicted octanol–water partition coefficient (Wildman–Crippen LogP) is 15.4. The van der Waals surface area contributed by atoms with Gasteiger partial charge < -0.3 is 18.6 Å².